The highest BCUT2D eigenvalue weighted by Crippen LogP contribution is 2.30. The Labute approximate surface area is 145 Å². The van der Waals surface area contributed by atoms with E-state index >= 15 is 0 Å². The van der Waals surface area contributed by atoms with Gasteiger partial charge in [0, 0.05) is 23.6 Å². The van der Waals surface area contributed by atoms with Crippen LogP contribution in [0.1, 0.15) is 0 Å². The standard InChI is InChI=1S/C19H15ClN2O2/c20-17-11-14(15-5-4-10-21-12-15)8-9-18(17)24-13-19(23)22-16-6-2-1-3-7-16/h1-12H,13H2,(H,22,23). The topological polar surface area (TPSA) is 51.2 Å². The number of carbonyl (C=O) groups excluding carboxylic acids is 1. The first-order valence-electron chi connectivity index (χ1n) is 7.40. The van der Waals surface area contributed by atoms with Crippen LogP contribution in [0.2, 0.25) is 5.02 Å². The maximum Gasteiger partial charge on any atom is 0.262 e. The zero-order valence-electron chi connectivity index (χ0n) is 12.8. The van der Waals surface area contributed by atoms with Crippen molar-refractivity contribution in [2.24, 2.45) is 0 Å². The Morgan fingerprint density at radius 2 is 1.88 bits per heavy atom. The third kappa shape index (κ3) is 4.12. The lowest BCUT2D eigenvalue weighted by Gasteiger charge is -2.10. The number of pyridine rings is 1. The van der Waals surface area contributed by atoms with E-state index < -0.39 is 0 Å². The van der Waals surface area contributed by atoms with Gasteiger partial charge in [0.1, 0.15) is 5.75 Å². The Kier molecular flexibility index (Phi) is 5.08. The quantitative estimate of drug-likeness (QED) is 0.749. The SMILES string of the molecule is O=C(COc1ccc(-c2cccnc2)cc1Cl)Nc1ccccc1. The van der Waals surface area contributed by atoms with Gasteiger partial charge in [0.2, 0.25) is 0 Å². The number of ether oxygens (including phenoxy) is 1. The highest BCUT2D eigenvalue weighted by molar-refractivity contribution is 6.32. The number of rotatable bonds is 5. The monoisotopic (exact) mass is 338 g/mol. The molecular weight excluding hydrogens is 324 g/mol. The fraction of sp³-hybridized carbons (Fsp3) is 0.0526. The molecule has 0 unspecified atom stereocenters. The number of hydrogen-bond donors (Lipinski definition) is 1. The highest BCUT2D eigenvalue weighted by atomic mass is 35.5. The first kappa shape index (κ1) is 16.0. The molecule has 1 amide bonds. The number of carbonyl (C=O) groups is 1. The molecule has 0 radical (unpaired) electrons. The maximum absolute atomic E-state index is 11.9. The Bertz CT molecular complexity index is 823. The molecule has 0 saturated heterocycles. The van der Waals surface area contributed by atoms with E-state index in [0.717, 1.165) is 16.8 Å². The summed E-state index contributed by atoms with van der Waals surface area (Å²) in [6.07, 6.45) is 3.48. The fourth-order valence-electron chi connectivity index (χ4n) is 2.19. The van der Waals surface area contributed by atoms with Crippen LogP contribution in [-0.2, 0) is 4.79 Å². The average Bonchev–Trinajstić information content (AvgIpc) is 2.62. The zero-order valence-corrected chi connectivity index (χ0v) is 13.5. The number of hydrogen-bond acceptors (Lipinski definition) is 3. The van der Waals surface area contributed by atoms with Crippen molar-refractivity contribution in [1.82, 2.24) is 4.98 Å². The van der Waals surface area contributed by atoms with E-state index in [-0.39, 0.29) is 12.5 Å². The highest BCUT2D eigenvalue weighted by Gasteiger charge is 2.08. The van der Waals surface area contributed by atoms with Crippen LogP contribution >= 0.6 is 11.6 Å². The zero-order chi connectivity index (χ0) is 16.8. The number of halogens is 1. The minimum atomic E-state index is -0.242. The fourth-order valence-corrected chi connectivity index (χ4v) is 2.43. The number of para-hydroxylation sites is 1. The molecule has 1 N–H and O–H groups in total. The molecule has 0 spiro atoms. The molecule has 2 aromatic carbocycles. The van der Waals surface area contributed by atoms with E-state index in [1.54, 1.807) is 24.5 Å². The van der Waals surface area contributed by atoms with Crippen LogP contribution in [0.3, 0.4) is 0 Å². The molecule has 0 atom stereocenters. The van der Waals surface area contributed by atoms with Gasteiger partial charge in [-0.1, -0.05) is 41.9 Å². The van der Waals surface area contributed by atoms with E-state index in [1.807, 2.05) is 48.5 Å². The van der Waals surface area contributed by atoms with Crippen LogP contribution in [0.15, 0.2) is 73.1 Å². The van der Waals surface area contributed by atoms with Gasteiger partial charge in [0.15, 0.2) is 6.61 Å². The van der Waals surface area contributed by atoms with Gasteiger partial charge in [-0.25, -0.2) is 0 Å². The lowest BCUT2D eigenvalue weighted by atomic mass is 10.1. The molecule has 5 heteroatoms. The molecule has 3 aromatic rings. The number of nitrogens with one attached hydrogen (secondary N) is 1. The van der Waals surface area contributed by atoms with Crippen molar-refractivity contribution in [2.45, 2.75) is 0 Å². The second-order valence-electron chi connectivity index (χ2n) is 5.09. The molecule has 1 heterocycles. The normalized spacial score (nSPS) is 10.2. The summed E-state index contributed by atoms with van der Waals surface area (Å²) in [5.74, 6) is 0.223. The molecular formula is C19H15ClN2O2. The van der Waals surface area contributed by atoms with Crippen LogP contribution < -0.4 is 10.1 Å². The molecule has 0 fully saturated rings. The molecule has 0 aliphatic rings. The average molecular weight is 339 g/mol. The van der Waals surface area contributed by atoms with E-state index in [1.165, 1.54) is 0 Å². The number of nitrogens with zero attached hydrogens (tertiary/aromatic N) is 1. The van der Waals surface area contributed by atoms with Crippen molar-refractivity contribution in [3.63, 3.8) is 0 Å². The Hall–Kier alpha value is -2.85. The summed E-state index contributed by atoms with van der Waals surface area (Å²) in [5, 5.41) is 3.20. The summed E-state index contributed by atoms with van der Waals surface area (Å²) in [5.41, 5.74) is 2.63. The lowest BCUT2D eigenvalue weighted by Crippen LogP contribution is -2.20. The van der Waals surface area contributed by atoms with Crippen molar-refractivity contribution < 1.29 is 9.53 Å². The van der Waals surface area contributed by atoms with E-state index in [2.05, 4.69) is 10.3 Å². The second-order valence-corrected chi connectivity index (χ2v) is 5.50. The first-order valence-corrected chi connectivity index (χ1v) is 7.78. The van der Waals surface area contributed by atoms with Crippen LogP contribution in [0.5, 0.6) is 5.75 Å². The third-order valence-corrected chi connectivity index (χ3v) is 3.64. The van der Waals surface area contributed by atoms with Crippen molar-refractivity contribution in [3.8, 4) is 16.9 Å². The minimum absolute atomic E-state index is 0.110. The van der Waals surface area contributed by atoms with Gasteiger partial charge >= 0.3 is 0 Å². The second kappa shape index (κ2) is 7.62. The maximum atomic E-state index is 11.9. The van der Waals surface area contributed by atoms with Crippen LogP contribution in [0.4, 0.5) is 5.69 Å². The molecule has 24 heavy (non-hydrogen) atoms. The predicted octanol–water partition coefficient (Wildman–Crippen LogP) is 4.42. The van der Waals surface area contributed by atoms with E-state index in [9.17, 15) is 4.79 Å². The van der Waals surface area contributed by atoms with Gasteiger partial charge in [0.25, 0.3) is 5.91 Å². The molecule has 0 bridgehead atoms. The molecule has 4 nitrogen and oxygen atoms in total. The summed E-state index contributed by atoms with van der Waals surface area (Å²) in [6, 6.07) is 18.5. The van der Waals surface area contributed by atoms with Crippen molar-refractivity contribution in [1.29, 1.82) is 0 Å². The van der Waals surface area contributed by atoms with Crippen LogP contribution in [0, 0.1) is 0 Å². The van der Waals surface area contributed by atoms with E-state index in [4.69, 9.17) is 16.3 Å². The molecule has 120 valence electrons. The number of anilines is 1. The molecule has 1 aromatic heterocycles. The van der Waals surface area contributed by atoms with Gasteiger partial charge in [-0.3, -0.25) is 9.78 Å². The van der Waals surface area contributed by atoms with Crippen molar-refractivity contribution in [2.75, 3.05) is 11.9 Å². The Balaban J connectivity index is 1.62. The summed E-state index contributed by atoms with van der Waals surface area (Å²) < 4.78 is 5.50. The first-order chi connectivity index (χ1) is 11.7. The van der Waals surface area contributed by atoms with Crippen molar-refractivity contribution in [3.05, 3.63) is 78.1 Å². The summed E-state index contributed by atoms with van der Waals surface area (Å²) in [6.45, 7) is -0.110. The molecule has 0 aliphatic carbocycles. The van der Waals surface area contributed by atoms with Gasteiger partial charge in [-0.05, 0) is 35.9 Å². The minimum Gasteiger partial charge on any atom is -0.482 e. The van der Waals surface area contributed by atoms with Crippen molar-refractivity contribution >= 4 is 23.2 Å². The number of amides is 1. The summed E-state index contributed by atoms with van der Waals surface area (Å²) in [4.78, 5) is 16.0. The Morgan fingerprint density at radius 1 is 1.04 bits per heavy atom. The van der Waals surface area contributed by atoms with Gasteiger partial charge in [-0.2, -0.15) is 0 Å². The number of benzene rings is 2. The smallest absolute Gasteiger partial charge is 0.262 e. The van der Waals surface area contributed by atoms with Gasteiger partial charge < -0.3 is 10.1 Å². The van der Waals surface area contributed by atoms with Gasteiger partial charge in [0.05, 0.1) is 5.02 Å². The summed E-state index contributed by atoms with van der Waals surface area (Å²) in [7, 11) is 0. The molecule has 3 rings (SSSR count). The largest absolute Gasteiger partial charge is 0.482 e. The third-order valence-electron chi connectivity index (χ3n) is 3.34. The Morgan fingerprint density at radius 3 is 2.58 bits per heavy atom. The van der Waals surface area contributed by atoms with Crippen LogP contribution in [-0.4, -0.2) is 17.5 Å². The number of aromatic nitrogens is 1. The predicted molar refractivity (Wildman–Crippen MR) is 95.2 cm³/mol. The molecule has 0 aliphatic heterocycles. The van der Waals surface area contributed by atoms with E-state index in [0.29, 0.717) is 10.8 Å². The van der Waals surface area contributed by atoms with Gasteiger partial charge in [-0.15, -0.1) is 0 Å². The summed E-state index contributed by atoms with van der Waals surface area (Å²) >= 11 is 6.25. The molecule has 0 saturated carbocycles. The lowest BCUT2D eigenvalue weighted by molar-refractivity contribution is -0.118. The van der Waals surface area contributed by atoms with Crippen LogP contribution in [0.25, 0.3) is 11.1 Å².